The van der Waals surface area contributed by atoms with Gasteiger partial charge in [0.25, 0.3) is 11.5 Å². The summed E-state index contributed by atoms with van der Waals surface area (Å²) in [6, 6.07) is 6.79. The van der Waals surface area contributed by atoms with Crippen molar-refractivity contribution < 1.29 is 14.7 Å². The molecule has 9 nitrogen and oxygen atoms in total. The maximum atomic E-state index is 13.6. The van der Waals surface area contributed by atoms with Gasteiger partial charge in [0.05, 0.1) is 6.61 Å². The summed E-state index contributed by atoms with van der Waals surface area (Å²) < 4.78 is 0. The van der Waals surface area contributed by atoms with Gasteiger partial charge in [0, 0.05) is 67.7 Å². The van der Waals surface area contributed by atoms with Gasteiger partial charge in [-0.05, 0) is 100 Å². The summed E-state index contributed by atoms with van der Waals surface area (Å²) in [4.78, 5) is 42.8. The molecule has 2 atom stereocenters. The third-order valence-corrected chi connectivity index (χ3v) is 8.81. The monoisotopic (exact) mass is 551 g/mol. The van der Waals surface area contributed by atoms with Gasteiger partial charge in [-0.15, -0.1) is 0 Å². The average molecular weight is 552 g/mol. The summed E-state index contributed by atoms with van der Waals surface area (Å²) in [5.41, 5.74) is 5.73. The highest BCUT2D eigenvalue weighted by molar-refractivity contribution is 5.97. The van der Waals surface area contributed by atoms with E-state index in [0.717, 1.165) is 73.1 Å². The fraction of sp³-hybridized carbons (Fsp3) is 0.581. The lowest BCUT2D eigenvalue weighted by atomic mass is 9.85. The summed E-state index contributed by atoms with van der Waals surface area (Å²) in [5, 5.41) is 19.1. The number of amides is 2. The minimum Gasteiger partial charge on any atom is -0.395 e. The van der Waals surface area contributed by atoms with Crippen molar-refractivity contribution in [3.63, 3.8) is 0 Å². The van der Waals surface area contributed by atoms with Crippen LogP contribution in [0.1, 0.15) is 89.7 Å². The van der Waals surface area contributed by atoms with E-state index in [9.17, 15) is 19.5 Å². The molecule has 1 aromatic heterocycles. The molecule has 40 heavy (non-hydrogen) atoms. The fourth-order valence-corrected chi connectivity index (χ4v) is 6.37. The smallest absolute Gasteiger partial charge is 0.253 e. The number of H-pyrrole nitrogens is 1. The summed E-state index contributed by atoms with van der Waals surface area (Å²) in [6.45, 7) is 8.33. The first kappa shape index (κ1) is 29.8. The zero-order valence-electron chi connectivity index (χ0n) is 24.5. The average Bonchev–Trinajstić information content (AvgIpc) is 2.92. The molecule has 9 heteroatoms. The SMILES string of the molecule is CC(=O)N[C@H]1CC[C@@H](N(C)c2cc(C3CCC(CO)NC3)cc(C(=O)NCc3c(C)cc(C)[nH]c3=O)c2C)CC1. The second-order valence-corrected chi connectivity index (χ2v) is 11.7. The standard InChI is InChI=1S/C31H45N5O4/c1-18-12-19(2)34-31(40)28(18)16-33-30(39)27-13-23(22-6-7-25(17-37)32-15-22)14-29(20(27)3)36(5)26-10-8-24(9-11-26)35-21(4)38/h12-14,22,24-26,32,37H,6-11,15-17H2,1-5H3,(H,33,39)(H,34,40)(H,35,38)/t22?,24-,25?,26+. The van der Waals surface area contributed by atoms with E-state index in [1.807, 2.05) is 32.9 Å². The summed E-state index contributed by atoms with van der Waals surface area (Å²) in [6.07, 6.45) is 5.60. The van der Waals surface area contributed by atoms with Gasteiger partial charge in [-0.1, -0.05) is 0 Å². The van der Waals surface area contributed by atoms with Crippen molar-refractivity contribution in [3.05, 3.63) is 62.1 Å². The van der Waals surface area contributed by atoms with E-state index in [2.05, 4.69) is 38.9 Å². The van der Waals surface area contributed by atoms with Gasteiger partial charge in [-0.25, -0.2) is 0 Å². The maximum Gasteiger partial charge on any atom is 0.253 e. The Morgan fingerprint density at radius 3 is 2.38 bits per heavy atom. The number of benzene rings is 1. The molecule has 4 rings (SSSR count). The number of aromatic amines is 1. The Kier molecular flexibility index (Phi) is 9.68. The Morgan fingerprint density at radius 2 is 1.77 bits per heavy atom. The fourth-order valence-electron chi connectivity index (χ4n) is 6.37. The van der Waals surface area contributed by atoms with Gasteiger partial charge in [0.15, 0.2) is 0 Å². The van der Waals surface area contributed by atoms with Crippen molar-refractivity contribution in [2.75, 3.05) is 25.1 Å². The number of piperidine rings is 1. The third kappa shape index (κ3) is 6.93. The highest BCUT2D eigenvalue weighted by atomic mass is 16.3. The van der Waals surface area contributed by atoms with Crippen LogP contribution in [0.4, 0.5) is 5.69 Å². The summed E-state index contributed by atoms with van der Waals surface area (Å²) in [5.74, 6) is 0.0582. The molecule has 0 bridgehead atoms. The predicted octanol–water partition coefficient (Wildman–Crippen LogP) is 2.94. The molecule has 1 aliphatic carbocycles. The van der Waals surface area contributed by atoms with E-state index < -0.39 is 0 Å². The summed E-state index contributed by atoms with van der Waals surface area (Å²) >= 11 is 0. The van der Waals surface area contributed by atoms with Crippen molar-refractivity contribution in [2.45, 2.75) is 96.8 Å². The van der Waals surface area contributed by atoms with E-state index in [4.69, 9.17) is 0 Å². The molecule has 2 fully saturated rings. The molecular weight excluding hydrogens is 506 g/mol. The molecule has 2 heterocycles. The van der Waals surface area contributed by atoms with E-state index in [1.54, 1.807) is 6.92 Å². The molecule has 5 N–H and O–H groups in total. The number of aromatic nitrogens is 1. The van der Waals surface area contributed by atoms with Crippen LogP contribution in [-0.4, -0.2) is 60.2 Å². The Bertz CT molecular complexity index is 1270. The van der Waals surface area contributed by atoms with Gasteiger partial charge in [-0.3, -0.25) is 14.4 Å². The van der Waals surface area contributed by atoms with E-state index in [0.29, 0.717) is 17.2 Å². The number of hydrogen-bond donors (Lipinski definition) is 5. The van der Waals surface area contributed by atoms with Crippen LogP contribution in [-0.2, 0) is 11.3 Å². The molecule has 1 saturated heterocycles. The van der Waals surface area contributed by atoms with E-state index in [-0.39, 0.29) is 48.5 Å². The number of carbonyl (C=O) groups is 2. The molecule has 0 radical (unpaired) electrons. The first-order valence-corrected chi connectivity index (χ1v) is 14.5. The lowest BCUT2D eigenvalue weighted by Crippen LogP contribution is -2.42. The normalized spacial score (nSPS) is 22.9. The van der Waals surface area contributed by atoms with Crippen LogP contribution in [0.15, 0.2) is 23.0 Å². The highest BCUT2D eigenvalue weighted by Gasteiger charge is 2.29. The van der Waals surface area contributed by atoms with Crippen molar-refractivity contribution >= 4 is 17.5 Å². The zero-order chi connectivity index (χ0) is 29.0. The largest absolute Gasteiger partial charge is 0.395 e. The lowest BCUT2D eigenvalue weighted by molar-refractivity contribution is -0.119. The van der Waals surface area contributed by atoms with Crippen molar-refractivity contribution in [2.24, 2.45) is 0 Å². The number of carbonyl (C=O) groups excluding carboxylic acids is 2. The molecule has 1 aromatic carbocycles. The Labute approximate surface area is 237 Å². The molecular formula is C31H45N5O4. The van der Waals surface area contributed by atoms with Crippen LogP contribution in [0.3, 0.4) is 0 Å². The van der Waals surface area contributed by atoms with Crippen LogP contribution >= 0.6 is 0 Å². The minimum absolute atomic E-state index is 0.0170. The number of rotatable bonds is 8. The van der Waals surface area contributed by atoms with Gasteiger partial charge < -0.3 is 30.9 Å². The van der Waals surface area contributed by atoms with Crippen LogP contribution in [0.5, 0.6) is 0 Å². The van der Waals surface area contributed by atoms with Gasteiger partial charge in [0.1, 0.15) is 0 Å². The quantitative estimate of drug-likeness (QED) is 0.343. The minimum atomic E-state index is -0.195. The zero-order valence-corrected chi connectivity index (χ0v) is 24.5. The topological polar surface area (TPSA) is 127 Å². The van der Waals surface area contributed by atoms with Crippen molar-refractivity contribution in [1.82, 2.24) is 20.9 Å². The third-order valence-electron chi connectivity index (χ3n) is 8.81. The number of pyridine rings is 1. The van der Waals surface area contributed by atoms with E-state index >= 15 is 0 Å². The lowest BCUT2D eigenvalue weighted by Gasteiger charge is -2.38. The van der Waals surface area contributed by atoms with Crippen LogP contribution in [0.25, 0.3) is 0 Å². The molecule has 1 aliphatic heterocycles. The molecule has 2 aromatic rings. The predicted molar refractivity (Wildman–Crippen MR) is 158 cm³/mol. The highest BCUT2D eigenvalue weighted by Crippen LogP contribution is 2.35. The molecule has 1 saturated carbocycles. The van der Waals surface area contributed by atoms with Gasteiger partial charge in [0.2, 0.25) is 5.91 Å². The summed E-state index contributed by atoms with van der Waals surface area (Å²) in [7, 11) is 2.10. The number of anilines is 1. The second kappa shape index (κ2) is 13.0. The molecule has 2 aliphatic rings. The second-order valence-electron chi connectivity index (χ2n) is 11.7. The van der Waals surface area contributed by atoms with Crippen molar-refractivity contribution in [1.29, 1.82) is 0 Å². The number of aliphatic hydroxyl groups excluding tert-OH is 1. The molecule has 2 unspecified atom stereocenters. The first-order chi connectivity index (χ1) is 19.1. The van der Waals surface area contributed by atoms with Crippen LogP contribution in [0, 0.1) is 20.8 Å². The maximum absolute atomic E-state index is 13.6. The molecule has 218 valence electrons. The Hall–Kier alpha value is -3.17. The van der Waals surface area contributed by atoms with Gasteiger partial charge in [-0.2, -0.15) is 0 Å². The number of nitrogens with one attached hydrogen (secondary N) is 4. The van der Waals surface area contributed by atoms with Crippen LogP contribution in [0.2, 0.25) is 0 Å². The van der Waals surface area contributed by atoms with Crippen LogP contribution < -0.4 is 26.4 Å². The number of aryl methyl sites for hydroxylation is 2. The van der Waals surface area contributed by atoms with Crippen molar-refractivity contribution in [3.8, 4) is 0 Å². The molecule has 2 amide bonds. The number of aliphatic hydroxyl groups is 1. The Morgan fingerprint density at radius 1 is 1.05 bits per heavy atom. The van der Waals surface area contributed by atoms with Gasteiger partial charge >= 0.3 is 0 Å². The first-order valence-electron chi connectivity index (χ1n) is 14.5. The molecule has 0 spiro atoms. The number of hydrogen-bond acceptors (Lipinski definition) is 6. The number of nitrogens with zero attached hydrogens (tertiary/aromatic N) is 1. The van der Waals surface area contributed by atoms with E-state index in [1.165, 1.54) is 0 Å². The Balaban J connectivity index is 1.60.